The normalized spacial score (nSPS) is 19.8. The quantitative estimate of drug-likeness (QED) is 0.608. The van der Waals surface area contributed by atoms with Crippen molar-refractivity contribution in [3.8, 4) is 0 Å². The van der Waals surface area contributed by atoms with Crippen molar-refractivity contribution in [2.75, 3.05) is 0 Å². The molecule has 1 aliphatic carbocycles. The fourth-order valence-electron chi connectivity index (χ4n) is 2.78. The highest BCUT2D eigenvalue weighted by Crippen LogP contribution is 2.29. The number of benzene rings is 1. The van der Waals surface area contributed by atoms with Crippen molar-refractivity contribution < 1.29 is 9.90 Å². The minimum Gasteiger partial charge on any atom is -0.388 e. The summed E-state index contributed by atoms with van der Waals surface area (Å²) in [6.07, 6.45) is 6.87. The molecule has 2 nitrogen and oxygen atoms in total. The molecule has 1 aromatic carbocycles. The van der Waals surface area contributed by atoms with E-state index in [2.05, 4.69) is 22.9 Å². The van der Waals surface area contributed by atoms with Gasteiger partial charge in [0.2, 0.25) is 0 Å². The Morgan fingerprint density at radius 2 is 2.15 bits per heavy atom. The first-order chi connectivity index (χ1) is 9.63. The number of ketones is 1. The fraction of sp³-hybridized carbons (Fsp3) is 0.588. The summed E-state index contributed by atoms with van der Waals surface area (Å²) in [6, 6.07) is 5.82. The van der Waals surface area contributed by atoms with E-state index in [1.165, 1.54) is 19.3 Å². The smallest absolute Gasteiger partial charge is 0.176 e. The molecule has 0 aliphatic heterocycles. The van der Waals surface area contributed by atoms with Crippen LogP contribution in [0.25, 0.3) is 0 Å². The van der Waals surface area contributed by atoms with Crippen LogP contribution in [0.2, 0.25) is 0 Å². The second-order valence-electron chi connectivity index (χ2n) is 5.65. The Morgan fingerprint density at radius 3 is 2.90 bits per heavy atom. The van der Waals surface area contributed by atoms with Gasteiger partial charge in [-0.1, -0.05) is 66.7 Å². The Labute approximate surface area is 129 Å². The van der Waals surface area contributed by atoms with Gasteiger partial charge in [-0.15, -0.1) is 0 Å². The Kier molecular flexibility index (Phi) is 5.79. The maximum absolute atomic E-state index is 12.0. The molecule has 0 fully saturated rings. The maximum atomic E-state index is 12.0. The first-order valence-electron chi connectivity index (χ1n) is 7.62. The topological polar surface area (TPSA) is 37.3 Å². The lowest BCUT2D eigenvalue weighted by Crippen LogP contribution is -2.22. The summed E-state index contributed by atoms with van der Waals surface area (Å²) in [4.78, 5) is 12.0. The molecule has 0 amide bonds. The number of carbonyl (C=O) groups is 1. The van der Waals surface area contributed by atoms with E-state index in [1.807, 2.05) is 18.2 Å². The molecule has 2 rings (SSSR count). The highest BCUT2D eigenvalue weighted by atomic mass is 79.9. The number of Topliss-reactive ketones (excluding diaryl/α,β-unsaturated/α-hetero) is 1. The molecule has 20 heavy (non-hydrogen) atoms. The number of aryl methyl sites for hydroxylation is 1. The Hall–Kier alpha value is -0.670. The molecule has 2 atom stereocenters. The van der Waals surface area contributed by atoms with Crippen LogP contribution in [0.3, 0.4) is 0 Å². The summed E-state index contributed by atoms with van der Waals surface area (Å²) in [5, 5.41) is 10.2. The van der Waals surface area contributed by atoms with Crippen molar-refractivity contribution in [2.24, 2.45) is 0 Å². The van der Waals surface area contributed by atoms with Gasteiger partial charge in [-0.3, -0.25) is 4.79 Å². The van der Waals surface area contributed by atoms with Gasteiger partial charge >= 0.3 is 0 Å². The largest absolute Gasteiger partial charge is 0.388 e. The highest BCUT2D eigenvalue weighted by Gasteiger charge is 2.25. The number of halogens is 1. The molecule has 0 heterocycles. The highest BCUT2D eigenvalue weighted by molar-refractivity contribution is 9.10. The van der Waals surface area contributed by atoms with Crippen LogP contribution in [-0.2, 0) is 6.42 Å². The van der Waals surface area contributed by atoms with Crippen LogP contribution < -0.4 is 0 Å². The number of rotatable bonds is 6. The van der Waals surface area contributed by atoms with Crippen LogP contribution in [0.5, 0.6) is 0 Å². The summed E-state index contributed by atoms with van der Waals surface area (Å²) in [5.74, 6) is 0.176. The molecule has 0 bridgehead atoms. The van der Waals surface area contributed by atoms with E-state index in [0.717, 1.165) is 42.4 Å². The molecule has 3 heteroatoms. The number of carbonyl (C=O) groups excluding carboxylic acids is 1. The standard InChI is InChI=1S/C17H23BrO2/c1-2-3-4-5-6-16(19)13-7-9-14-12(11-13)8-10-15(18)17(14)20/h7,9,11,15-16,19H,2-6,8,10H2,1H3. The zero-order valence-corrected chi connectivity index (χ0v) is 13.7. The van der Waals surface area contributed by atoms with E-state index in [1.54, 1.807) is 0 Å². The lowest BCUT2D eigenvalue weighted by Gasteiger charge is -2.21. The number of fused-ring (bicyclic) bond motifs is 1. The molecule has 0 saturated carbocycles. The number of alkyl halides is 1. The second kappa shape index (κ2) is 7.37. The Balaban J connectivity index is 2.02. The van der Waals surface area contributed by atoms with Gasteiger partial charge in [0.05, 0.1) is 10.9 Å². The van der Waals surface area contributed by atoms with Crippen molar-refractivity contribution in [3.63, 3.8) is 0 Å². The molecular formula is C17H23BrO2. The summed E-state index contributed by atoms with van der Waals surface area (Å²) in [6.45, 7) is 2.19. The van der Waals surface area contributed by atoms with Gasteiger partial charge in [-0.2, -0.15) is 0 Å². The maximum Gasteiger partial charge on any atom is 0.176 e. The van der Waals surface area contributed by atoms with Gasteiger partial charge in [0.25, 0.3) is 0 Å². The molecule has 1 aromatic rings. The fourth-order valence-corrected chi connectivity index (χ4v) is 3.26. The van der Waals surface area contributed by atoms with Crippen molar-refractivity contribution >= 4 is 21.7 Å². The number of aliphatic hydroxyl groups is 1. The van der Waals surface area contributed by atoms with Crippen LogP contribution in [0.1, 0.15) is 73.0 Å². The van der Waals surface area contributed by atoms with E-state index < -0.39 is 6.10 Å². The lowest BCUT2D eigenvalue weighted by atomic mass is 9.88. The second-order valence-corrected chi connectivity index (χ2v) is 6.76. The predicted molar refractivity (Wildman–Crippen MR) is 85.5 cm³/mol. The Morgan fingerprint density at radius 1 is 1.35 bits per heavy atom. The van der Waals surface area contributed by atoms with Crippen LogP contribution in [0.4, 0.5) is 0 Å². The van der Waals surface area contributed by atoms with Crippen LogP contribution in [0.15, 0.2) is 18.2 Å². The van der Waals surface area contributed by atoms with E-state index in [4.69, 9.17) is 0 Å². The number of hydrogen-bond acceptors (Lipinski definition) is 2. The molecular weight excluding hydrogens is 316 g/mol. The SMILES string of the molecule is CCCCCCC(O)c1ccc2c(c1)CCC(Br)C2=O. The monoisotopic (exact) mass is 338 g/mol. The summed E-state index contributed by atoms with van der Waals surface area (Å²) in [5.41, 5.74) is 2.87. The van der Waals surface area contributed by atoms with E-state index in [0.29, 0.717) is 0 Å². The van der Waals surface area contributed by atoms with Crippen molar-refractivity contribution in [2.45, 2.75) is 62.8 Å². The summed E-state index contributed by atoms with van der Waals surface area (Å²) < 4.78 is 0. The molecule has 0 spiro atoms. The van der Waals surface area contributed by atoms with Crippen molar-refractivity contribution in [1.29, 1.82) is 0 Å². The van der Waals surface area contributed by atoms with Crippen molar-refractivity contribution in [1.82, 2.24) is 0 Å². The Bertz CT molecular complexity index is 470. The average Bonchev–Trinajstić information content (AvgIpc) is 2.47. The van der Waals surface area contributed by atoms with Crippen molar-refractivity contribution in [3.05, 3.63) is 34.9 Å². The lowest BCUT2D eigenvalue weighted by molar-refractivity contribution is 0.0981. The van der Waals surface area contributed by atoms with Gasteiger partial charge in [0.15, 0.2) is 5.78 Å². The molecule has 0 radical (unpaired) electrons. The zero-order chi connectivity index (χ0) is 14.5. The predicted octanol–water partition coefficient (Wildman–Crippen LogP) is 4.58. The van der Waals surface area contributed by atoms with Crippen LogP contribution in [-0.4, -0.2) is 15.7 Å². The van der Waals surface area contributed by atoms with Gasteiger partial charge in [0.1, 0.15) is 0 Å². The summed E-state index contributed by atoms with van der Waals surface area (Å²) in [7, 11) is 0. The first kappa shape index (κ1) is 15.7. The third kappa shape index (κ3) is 3.70. The molecule has 1 N–H and O–H groups in total. The molecule has 0 saturated heterocycles. The summed E-state index contributed by atoms with van der Waals surface area (Å²) >= 11 is 3.42. The van der Waals surface area contributed by atoms with Crippen LogP contribution >= 0.6 is 15.9 Å². The number of hydrogen-bond donors (Lipinski definition) is 1. The van der Waals surface area contributed by atoms with Gasteiger partial charge in [-0.05, 0) is 30.4 Å². The average molecular weight is 339 g/mol. The van der Waals surface area contributed by atoms with Gasteiger partial charge in [-0.25, -0.2) is 0 Å². The zero-order valence-electron chi connectivity index (χ0n) is 12.1. The molecule has 110 valence electrons. The molecule has 1 aliphatic rings. The van der Waals surface area contributed by atoms with Crippen LogP contribution in [0, 0.1) is 0 Å². The minimum atomic E-state index is -0.394. The van der Waals surface area contributed by atoms with E-state index in [-0.39, 0.29) is 10.6 Å². The van der Waals surface area contributed by atoms with E-state index in [9.17, 15) is 9.90 Å². The van der Waals surface area contributed by atoms with E-state index >= 15 is 0 Å². The molecule has 0 aromatic heterocycles. The first-order valence-corrected chi connectivity index (χ1v) is 8.54. The van der Waals surface area contributed by atoms with Gasteiger partial charge in [0, 0.05) is 5.56 Å². The minimum absolute atomic E-state index is 0.0418. The third-order valence-corrected chi connectivity index (χ3v) is 4.94. The number of unbranched alkanes of at least 4 members (excludes halogenated alkanes) is 3. The third-order valence-electron chi connectivity index (χ3n) is 4.06. The van der Waals surface area contributed by atoms with Gasteiger partial charge < -0.3 is 5.11 Å². The number of aliphatic hydroxyl groups excluding tert-OH is 1. The molecule has 2 unspecified atom stereocenters.